The van der Waals surface area contributed by atoms with E-state index in [0.717, 1.165) is 10.3 Å². The lowest BCUT2D eigenvalue weighted by molar-refractivity contribution is -0.422. The quantitative estimate of drug-likeness (QED) is 0.866. The fourth-order valence-corrected chi connectivity index (χ4v) is 1.52. The van der Waals surface area contributed by atoms with Gasteiger partial charge in [0.2, 0.25) is 0 Å². The molecule has 0 aromatic carbocycles. The molecule has 84 valence electrons. The molecular formula is C9H12BrN6+. The van der Waals surface area contributed by atoms with E-state index in [2.05, 4.69) is 41.7 Å². The zero-order valence-electron chi connectivity index (χ0n) is 9.05. The van der Waals surface area contributed by atoms with Gasteiger partial charge in [-0.05, 0) is 29.8 Å². The molecule has 0 aliphatic carbocycles. The molecule has 7 heteroatoms. The summed E-state index contributed by atoms with van der Waals surface area (Å²) >= 11 is 3.29. The van der Waals surface area contributed by atoms with E-state index in [-0.39, 0.29) is 6.04 Å². The van der Waals surface area contributed by atoms with Crippen LogP contribution in [0.15, 0.2) is 16.9 Å². The monoisotopic (exact) mass is 283 g/mol. The van der Waals surface area contributed by atoms with E-state index in [4.69, 9.17) is 0 Å². The third-order valence-corrected chi connectivity index (χ3v) is 2.38. The van der Waals surface area contributed by atoms with Gasteiger partial charge < -0.3 is 5.73 Å². The van der Waals surface area contributed by atoms with E-state index in [1.54, 1.807) is 17.1 Å². The van der Waals surface area contributed by atoms with E-state index in [1.165, 1.54) is 0 Å². The van der Waals surface area contributed by atoms with Crippen LogP contribution >= 0.6 is 15.9 Å². The minimum atomic E-state index is 0.0356. The second-order valence-electron chi connectivity index (χ2n) is 3.53. The van der Waals surface area contributed by atoms with Crippen LogP contribution in [0.4, 0.5) is 0 Å². The second kappa shape index (κ2) is 4.26. The van der Waals surface area contributed by atoms with Gasteiger partial charge >= 0.3 is 0 Å². The van der Waals surface area contributed by atoms with Crippen molar-refractivity contribution in [1.82, 2.24) is 24.7 Å². The number of hydrogen-bond donors (Lipinski definition) is 1. The molecule has 0 saturated heterocycles. The van der Waals surface area contributed by atoms with Crippen molar-refractivity contribution in [3.05, 3.63) is 28.5 Å². The number of nitrogens with zero attached hydrogens (tertiary/aromatic N) is 5. The summed E-state index contributed by atoms with van der Waals surface area (Å²) in [5.74, 6) is 1.96. The molecule has 0 amide bonds. The van der Waals surface area contributed by atoms with Crippen molar-refractivity contribution in [2.75, 3.05) is 0 Å². The van der Waals surface area contributed by atoms with E-state index < -0.39 is 0 Å². The fraction of sp³-hybridized carbons (Fsp3) is 0.333. The third kappa shape index (κ3) is 2.10. The smallest absolute Gasteiger partial charge is 0.252 e. The zero-order chi connectivity index (χ0) is 11.7. The van der Waals surface area contributed by atoms with Gasteiger partial charge in [0.05, 0.1) is 4.47 Å². The van der Waals surface area contributed by atoms with E-state index in [0.29, 0.717) is 11.8 Å². The topological polar surface area (TPSA) is 84.1 Å². The Hall–Kier alpha value is -1.34. The largest absolute Gasteiger partial charge is 0.349 e. The Balaban J connectivity index is 2.50. The number of halogens is 1. The maximum Gasteiger partial charge on any atom is 0.252 e. The van der Waals surface area contributed by atoms with Crippen molar-refractivity contribution in [2.45, 2.75) is 19.9 Å². The lowest BCUT2D eigenvalue weighted by Crippen LogP contribution is -2.52. The third-order valence-electron chi connectivity index (χ3n) is 1.97. The van der Waals surface area contributed by atoms with Gasteiger partial charge in [-0.15, -0.1) is 5.10 Å². The summed E-state index contributed by atoms with van der Waals surface area (Å²) < 4.78 is 2.46. The maximum absolute atomic E-state index is 4.31. The van der Waals surface area contributed by atoms with Crippen molar-refractivity contribution in [1.29, 1.82) is 0 Å². The highest BCUT2D eigenvalue weighted by Crippen LogP contribution is 2.11. The lowest BCUT2D eigenvalue weighted by atomic mass is 10.3. The molecule has 0 radical (unpaired) electrons. The normalized spacial score (nSPS) is 12.8. The van der Waals surface area contributed by atoms with Crippen LogP contribution < -0.4 is 5.73 Å². The first-order valence-electron chi connectivity index (χ1n) is 4.82. The fourth-order valence-electron chi connectivity index (χ4n) is 1.31. The van der Waals surface area contributed by atoms with Crippen LogP contribution in [0.3, 0.4) is 0 Å². The molecule has 2 aromatic rings. The van der Waals surface area contributed by atoms with E-state index in [1.807, 2.05) is 13.8 Å². The highest BCUT2D eigenvalue weighted by molar-refractivity contribution is 9.10. The molecule has 0 aliphatic rings. The summed E-state index contributed by atoms with van der Waals surface area (Å²) in [6.45, 7) is 3.79. The lowest BCUT2D eigenvalue weighted by Gasteiger charge is -2.03. The molecule has 0 aliphatic heterocycles. The number of aromatic nitrogens is 5. The molecule has 6 nitrogen and oxygen atoms in total. The zero-order valence-corrected chi connectivity index (χ0v) is 10.6. The molecule has 0 saturated carbocycles. The van der Waals surface area contributed by atoms with Gasteiger partial charge in [-0.2, -0.15) is 4.68 Å². The van der Waals surface area contributed by atoms with Gasteiger partial charge in [0.1, 0.15) is 11.9 Å². The van der Waals surface area contributed by atoms with Crippen molar-refractivity contribution in [3.8, 4) is 5.95 Å². The van der Waals surface area contributed by atoms with Gasteiger partial charge in [0.25, 0.3) is 5.95 Å². The molecule has 2 heterocycles. The van der Waals surface area contributed by atoms with Gasteiger partial charge in [0.15, 0.2) is 5.82 Å². The molecule has 0 bridgehead atoms. The standard InChI is InChI=1S/C9H11BrN6/c1-5(11)8-14-6(2)15-16(8)9-12-3-7(10)4-13-9/h3-5H,11H2,1-2H3/p+1/t5-/m0/s1. The van der Waals surface area contributed by atoms with Crippen LogP contribution in [0, 0.1) is 6.92 Å². The van der Waals surface area contributed by atoms with Crippen LogP contribution in [0.5, 0.6) is 0 Å². The Labute approximate surface area is 101 Å². The first kappa shape index (κ1) is 11.2. The average Bonchev–Trinajstić information content (AvgIpc) is 2.61. The number of rotatable bonds is 2. The predicted octanol–water partition coefficient (Wildman–Crippen LogP) is 0.431. The number of quaternary nitrogens is 1. The highest BCUT2D eigenvalue weighted by Gasteiger charge is 2.16. The van der Waals surface area contributed by atoms with Crippen molar-refractivity contribution in [2.24, 2.45) is 0 Å². The molecule has 0 spiro atoms. The number of aryl methyl sites for hydroxylation is 1. The van der Waals surface area contributed by atoms with Crippen molar-refractivity contribution < 1.29 is 5.73 Å². The minimum absolute atomic E-state index is 0.0356. The van der Waals surface area contributed by atoms with Crippen molar-refractivity contribution >= 4 is 15.9 Å². The average molecular weight is 284 g/mol. The minimum Gasteiger partial charge on any atom is -0.349 e. The van der Waals surface area contributed by atoms with Crippen LogP contribution in [-0.4, -0.2) is 24.7 Å². The molecule has 2 aromatic heterocycles. The van der Waals surface area contributed by atoms with Crippen LogP contribution in [0.2, 0.25) is 0 Å². The molecule has 3 N–H and O–H groups in total. The maximum atomic E-state index is 4.31. The summed E-state index contributed by atoms with van der Waals surface area (Å²) in [5.41, 5.74) is 3.94. The number of hydrogen-bond acceptors (Lipinski definition) is 4. The Morgan fingerprint density at radius 1 is 1.38 bits per heavy atom. The molecule has 2 rings (SSSR count). The van der Waals surface area contributed by atoms with Gasteiger partial charge in [0, 0.05) is 12.4 Å². The van der Waals surface area contributed by atoms with Crippen LogP contribution in [-0.2, 0) is 0 Å². The first-order chi connectivity index (χ1) is 7.58. The Bertz CT molecular complexity index is 489. The van der Waals surface area contributed by atoms with Gasteiger partial charge in [-0.1, -0.05) is 0 Å². The van der Waals surface area contributed by atoms with Crippen molar-refractivity contribution in [3.63, 3.8) is 0 Å². The first-order valence-corrected chi connectivity index (χ1v) is 5.62. The summed E-state index contributed by atoms with van der Waals surface area (Å²) in [5, 5.41) is 4.26. The summed E-state index contributed by atoms with van der Waals surface area (Å²) in [6, 6.07) is 0.0356. The van der Waals surface area contributed by atoms with Gasteiger partial charge in [-0.25, -0.2) is 15.0 Å². The Kier molecular flexibility index (Phi) is 2.97. The molecule has 16 heavy (non-hydrogen) atoms. The highest BCUT2D eigenvalue weighted by atomic mass is 79.9. The molecule has 1 atom stereocenters. The van der Waals surface area contributed by atoms with Crippen LogP contribution in [0.1, 0.15) is 24.6 Å². The summed E-state index contributed by atoms with van der Waals surface area (Å²) in [6.07, 6.45) is 3.35. The van der Waals surface area contributed by atoms with E-state index >= 15 is 0 Å². The predicted molar refractivity (Wildman–Crippen MR) is 60.7 cm³/mol. The summed E-state index contributed by atoms with van der Waals surface area (Å²) in [4.78, 5) is 12.7. The summed E-state index contributed by atoms with van der Waals surface area (Å²) in [7, 11) is 0. The Morgan fingerprint density at radius 3 is 2.56 bits per heavy atom. The van der Waals surface area contributed by atoms with Crippen LogP contribution in [0.25, 0.3) is 5.95 Å². The molecule has 0 fully saturated rings. The van der Waals surface area contributed by atoms with Gasteiger partial charge in [-0.3, -0.25) is 0 Å². The van der Waals surface area contributed by atoms with E-state index in [9.17, 15) is 0 Å². The Morgan fingerprint density at radius 2 is 2.00 bits per heavy atom. The second-order valence-corrected chi connectivity index (χ2v) is 4.45. The molecular weight excluding hydrogens is 272 g/mol. The molecule has 0 unspecified atom stereocenters. The SMILES string of the molecule is Cc1nc([C@H](C)[NH3+])n(-c2ncc(Br)cn2)n1.